The van der Waals surface area contributed by atoms with E-state index in [1.807, 2.05) is 28.5 Å². The molecule has 0 N–H and O–H groups in total. The summed E-state index contributed by atoms with van der Waals surface area (Å²) < 4.78 is 0. The van der Waals surface area contributed by atoms with Crippen molar-refractivity contribution in [3.8, 4) is 0 Å². The quantitative estimate of drug-likeness (QED) is 0.782. The highest BCUT2D eigenvalue weighted by Gasteiger charge is 2.23. The topological polar surface area (TPSA) is 53.5 Å². The van der Waals surface area contributed by atoms with E-state index in [2.05, 4.69) is 18.0 Å². The van der Waals surface area contributed by atoms with Crippen LogP contribution in [0.4, 0.5) is 0 Å². The second-order valence-corrected chi connectivity index (χ2v) is 7.72. The van der Waals surface area contributed by atoms with E-state index in [0.29, 0.717) is 26.1 Å². The van der Waals surface area contributed by atoms with Crippen LogP contribution < -0.4 is 0 Å². The molecule has 1 aliphatic heterocycles. The van der Waals surface area contributed by atoms with Crippen LogP contribution in [0.25, 0.3) is 0 Å². The van der Waals surface area contributed by atoms with Crippen molar-refractivity contribution in [3.63, 3.8) is 0 Å². The number of aromatic nitrogens is 1. The highest BCUT2D eigenvalue weighted by molar-refractivity contribution is 7.10. The average molecular weight is 372 g/mol. The summed E-state index contributed by atoms with van der Waals surface area (Å²) in [5.74, 6) is 0.0830. The van der Waals surface area contributed by atoms with Gasteiger partial charge < -0.3 is 9.80 Å². The minimum atomic E-state index is -0.0151. The maximum atomic E-state index is 13.0. The molecule has 3 rings (SSSR count). The molecule has 2 amide bonds. The van der Waals surface area contributed by atoms with Crippen LogP contribution in [-0.4, -0.2) is 39.7 Å². The van der Waals surface area contributed by atoms with Gasteiger partial charge in [0, 0.05) is 24.0 Å². The van der Waals surface area contributed by atoms with Crippen LogP contribution in [0.5, 0.6) is 0 Å². The Bertz CT molecular complexity index is 745. The fraction of sp³-hybridized carbons (Fsp3) is 0.450. The number of likely N-dealkylation sites (tertiary alicyclic amines) is 1. The third-order valence-corrected chi connectivity index (χ3v) is 5.74. The normalized spacial score (nSPS) is 15.0. The third kappa shape index (κ3) is 4.91. The van der Waals surface area contributed by atoms with Gasteiger partial charge >= 0.3 is 0 Å². The van der Waals surface area contributed by atoms with E-state index in [9.17, 15) is 9.59 Å². The summed E-state index contributed by atoms with van der Waals surface area (Å²) in [5.41, 5.74) is 2.05. The lowest BCUT2D eigenvalue weighted by molar-refractivity contribution is -0.141. The molecule has 0 radical (unpaired) electrons. The smallest absolute Gasteiger partial charge is 0.242 e. The summed E-state index contributed by atoms with van der Waals surface area (Å²) in [6.45, 7) is 3.92. The van der Waals surface area contributed by atoms with Crippen LogP contribution >= 0.6 is 11.3 Å². The molecule has 0 spiro atoms. The van der Waals surface area contributed by atoms with Crippen LogP contribution in [0, 0.1) is 6.92 Å². The Balaban J connectivity index is 1.73. The van der Waals surface area contributed by atoms with E-state index in [-0.39, 0.29) is 18.4 Å². The van der Waals surface area contributed by atoms with Crippen molar-refractivity contribution in [2.75, 3.05) is 13.1 Å². The summed E-state index contributed by atoms with van der Waals surface area (Å²) in [7, 11) is 0. The predicted octanol–water partition coefficient (Wildman–Crippen LogP) is 3.38. The van der Waals surface area contributed by atoms with Crippen molar-refractivity contribution in [3.05, 3.63) is 52.0 Å². The van der Waals surface area contributed by atoms with Crippen LogP contribution in [0.1, 0.15) is 41.8 Å². The molecule has 1 saturated heterocycles. The highest BCUT2D eigenvalue weighted by Crippen LogP contribution is 2.20. The van der Waals surface area contributed by atoms with Gasteiger partial charge in [-0.2, -0.15) is 0 Å². The van der Waals surface area contributed by atoms with Gasteiger partial charge in [0.2, 0.25) is 11.8 Å². The van der Waals surface area contributed by atoms with Crippen molar-refractivity contribution >= 4 is 23.2 Å². The Labute approximate surface area is 158 Å². The van der Waals surface area contributed by atoms with Gasteiger partial charge in [0.1, 0.15) is 0 Å². The van der Waals surface area contributed by atoms with Crippen molar-refractivity contribution < 1.29 is 9.59 Å². The van der Waals surface area contributed by atoms with Crippen LogP contribution in [0.15, 0.2) is 35.8 Å². The van der Waals surface area contributed by atoms with Gasteiger partial charge in [-0.25, -0.2) is 0 Å². The van der Waals surface area contributed by atoms with E-state index in [1.54, 1.807) is 22.4 Å². The van der Waals surface area contributed by atoms with Gasteiger partial charge in [0.15, 0.2) is 0 Å². The number of carbonyl (C=O) groups excluding carboxylic acids is 2. The number of nitrogens with zero attached hydrogens (tertiary/aromatic N) is 3. The summed E-state index contributed by atoms with van der Waals surface area (Å²) in [5, 5.41) is 2.05. The number of hydrogen-bond donors (Lipinski definition) is 0. The monoisotopic (exact) mass is 371 g/mol. The summed E-state index contributed by atoms with van der Waals surface area (Å²) in [4.78, 5) is 34.3. The number of hydrogen-bond acceptors (Lipinski definition) is 4. The third-order valence-electron chi connectivity index (χ3n) is 4.73. The minimum absolute atomic E-state index is 0.0151. The lowest BCUT2D eigenvalue weighted by Gasteiger charge is -2.27. The van der Waals surface area contributed by atoms with Crippen molar-refractivity contribution in [1.82, 2.24) is 14.8 Å². The molecular formula is C20H25N3O2S. The van der Waals surface area contributed by atoms with Crippen molar-refractivity contribution in [2.45, 2.75) is 45.7 Å². The first-order chi connectivity index (χ1) is 12.6. The van der Waals surface area contributed by atoms with E-state index >= 15 is 0 Å². The van der Waals surface area contributed by atoms with Gasteiger partial charge in [0.05, 0.1) is 25.3 Å². The molecule has 6 heteroatoms. The maximum Gasteiger partial charge on any atom is 0.242 e. The first kappa shape index (κ1) is 18.6. The molecule has 2 aromatic heterocycles. The Kier molecular flexibility index (Phi) is 6.39. The van der Waals surface area contributed by atoms with Gasteiger partial charge in [0.25, 0.3) is 0 Å². The molecule has 0 aromatic carbocycles. The molecule has 0 bridgehead atoms. The van der Waals surface area contributed by atoms with Crippen molar-refractivity contribution in [2.24, 2.45) is 0 Å². The lowest BCUT2D eigenvalue weighted by Crippen LogP contribution is -2.42. The number of carbonyl (C=O) groups is 2. The van der Waals surface area contributed by atoms with Crippen LogP contribution in [0.3, 0.4) is 0 Å². The molecule has 0 unspecified atom stereocenters. The van der Waals surface area contributed by atoms with Gasteiger partial charge in [-0.15, -0.1) is 11.3 Å². The van der Waals surface area contributed by atoms with Gasteiger partial charge in [-0.3, -0.25) is 14.6 Å². The first-order valence-electron chi connectivity index (χ1n) is 9.12. The number of thiophene rings is 1. The van der Waals surface area contributed by atoms with E-state index < -0.39 is 0 Å². The Morgan fingerprint density at radius 1 is 1.23 bits per heavy atom. The zero-order chi connectivity index (χ0) is 18.4. The number of aryl methyl sites for hydroxylation is 1. The second kappa shape index (κ2) is 8.94. The summed E-state index contributed by atoms with van der Waals surface area (Å²) in [6.07, 6.45) is 5.26. The number of pyridine rings is 1. The average Bonchev–Trinajstić information content (AvgIpc) is 2.93. The molecule has 1 aliphatic rings. The van der Waals surface area contributed by atoms with Crippen molar-refractivity contribution in [1.29, 1.82) is 0 Å². The van der Waals surface area contributed by atoms with E-state index in [0.717, 1.165) is 25.0 Å². The fourth-order valence-corrected chi connectivity index (χ4v) is 4.05. The molecule has 138 valence electrons. The Morgan fingerprint density at radius 2 is 2.12 bits per heavy atom. The molecular weight excluding hydrogens is 346 g/mol. The summed E-state index contributed by atoms with van der Waals surface area (Å²) >= 11 is 1.66. The number of rotatable bonds is 6. The SMILES string of the molecule is Cc1ccsc1CN(Cc1ccccn1)C(=O)CN1CCCCCC1=O. The predicted molar refractivity (Wildman–Crippen MR) is 103 cm³/mol. The van der Waals surface area contributed by atoms with Gasteiger partial charge in [-0.1, -0.05) is 12.5 Å². The zero-order valence-electron chi connectivity index (χ0n) is 15.2. The number of amides is 2. The van der Waals surface area contributed by atoms with Crippen LogP contribution in [0.2, 0.25) is 0 Å². The molecule has 3 heterocycles. The zero-order valence-corrected chi connectivity index (χ0v) is 16.0. The molecule has 2 aromatic rings. The standard InChI is InChI=1S/C20H25N3O2S/c1-16-9-12-26-18(16)14-23(13-17-7-4-5-10-21-17)20(25)15-22-11-6-2-3-8-19(22)24/h4-5,7,9-10,12H,2-3,6,8,11,13-15H2,1H3. The molecule has 0 aliphatic carbocycles. The first-order valence-corrected chi connectivity index (χ1v) is 10.00. The minimum Gasteiger partial charge on any atom is -0.333 e. The molecule has 26 heavy (non-hydrogen) atoms. The van der Waals surface area contributed by atoms with Crippen LogP contribution in [-0.2, 0) is 22.7 Å². The Morgan fingerprint density at radius 3 is 2.85 bits per heavy atom. The molecule has 0 atom stereocenters. The second-order valence-electron chi connectivity index (χ2n) is 6.72. The largest absolute Gasteiger partial charge is 0.333 e. The fourth-order valence-electron chi connectivity index (χ4n) is 3.13. The van der Waals surface area contributed by atoms with E-state index in [1.165, 1.54) is 10.4 Å². The molecule has 5 nitrogen and oxygen atoms in total. The molecule has 1 fully saturated rings. The maximum absolute atomic E-state index is 13.0. The summed E-state index contributed by atoms with van der Waals surface area (Å²) in [6, 6.07) is 7.80. The van der Waals surface area contributed by atoms with Gasteiger partial charge in [-0.05, 0) is 48.9 Å². The van der Waals surface area contributed by atoms with E-state index in [4.69, 9.17) is 0 Å². The Hall–Kier alpha value is -2.21. The highest BCUT2D eigenvalue weighted by atomic mass is 32.1. The molecule has 0 saturated carbocycles. The lowest BCUT2D eigenvalue weighted by atomic mass is 10.2.